The number of benzene rings is 1. The predicted molar refractivity (Wildman–Crippen MR) is 82.6 cm³/mol. The Morgan fingerprint density at radius 1 is 1.30 bits per heavy atom. The van der Waals surface area contributed by atoms with Crippen LogP contribution in [0.4, 0.5) is 0 Å². The van der Waals surface area contributed by atoms with E-state index in [1.807, 2.05) is 57.4 Å². The van der Waals surface area contributed by atoms with Gasteiger partial charge in [-0.2, -0.15) is 0 Å². The fourth-order valence-electron chi connectivity index (χ4n) is 1.76. The van der Waals surface area contributed by atoms with E-state index in [0.29, 0.717) is 24.2 Å². The summed E-state index contributed by atoms with van der Waals surface area (Å²) in [6, 6.07) is 10.0. The molecule has 1 rings (SSSR count). The van der Waals surface area contributed by atoms with Crippen molar-refractivity contribution in [3.63, 3.8) is 0 Å². The number of likely N-dealkylation sites (N-methyl/N-ethyl adjacent to an activating group) is 1. The first-order chi connectivity index (χ1) is 9.39. The first kappa shape index (κ1) is 16.7. The number of quaternary nitrogens is 1. The van der Waals surface area contributed by atoms with Crippen LogP contribution in [-0.2, 0) is 16.0 Å². The lowest BCUT2D eigenvalue weighted by atomic mass is 10.2. The van der Waals surface area contributed by atoms with Gasteiger partial charge in [-0.3, -0.25) is 0 Å². The molecule has 0 N–H and O–H groups in total. The first-order valence-corrected chi connectivity index (χ1v) is 7.11. The van der Waals surface area contributed by atoms with E-state index in [9.17, 15) is 4.79 Å². The van der Waals surface area contributed by atoms with Gasteiger partial charge in [-0.25, -0.2) is 4.79 Å². The molecule has 0 atom stereocenters. The Morgan fingerprint density at radius 2 is 1.95 bits per heavy atom. The van der Waals surface area contributed by atoms with E-state index in [0.717, 1.165) is 11.5 Å². The van der Waals surface area contributed by atoms with Crippen molar-refractivity contribution >= 4 is 17.6 Å². The summed E-state index contributed by atoms with van der Waals surface area (Å²) in [7, 11) is 3.96. The number of hydrogen-bond donors (Lipinski definition) is 0. The van der Waals surface area contributed by atoms with Crippen molar-refractivity contribution in [2.45, 2.75) is 13.3 Å². The van der Waals surface area contributed by atoms with Crippen LogP contribution in [0.15, 0.2) is 41.4 Å². The molecule has 0 bridgehead atoms. The monoisotopic (exact) mass is 296 g/mol. The van der Waals surface area contributed by atoms with Crippen molar-refractivity contribution in [3.8, 4) is 0 Å². The van der Waals surface area contributed by atoms with Crippen molar-refractivity contribution in [2.24, 2.45) is 0 Å². The van der Waals surface area contributed by atoms with E-state index in [4.69, 9.17) is 16.3 Å². The zero-order chi connectivity index (χ0) is 15.0. The van der Waals surface area contributed by atoms with Gasteiger partial charge in [-0.15, -0.1) is 0 Å². The van der Waals surface area contributed by atoms with Gasteiger partial charge in [0.1, 0.15) is 0 Å². The molecule has 110 valence electrons. The summed E-state index contributed by atoms with van der Waals surface area (Å²) in [6.45, 7) is 3.31. The lowest BCUT2D eigenvalue weighted by molar-refractivity contribution is -0.877. The lowest BCUT2D eigenvalue weighted by Crippen LogP contribution is -2.44. The van der Waals surface area contributed by atoms with Crippen LogP contribution < -0.4 is 0 Å². The zero-order valence-electron chi connectivity index (χ0n) is 12.4. The van der Waals surface area contributed by atoms with Crippen molar-refractivity contribution in [2.75, 3.05) is 33.8 Å². The summed E-state index contributed by atoms with van der Waals surface area (Å²) in [5.74, 6) is -0.174. The van der Waals surface area contributed by atoms with Crippen molar-refractivity contribution < 1.29 is 14.0 Å². The Kier molecular flexibility index (Phi) is 6.76. The maximum atomic E-state index is 11.8. The molecule has 3 nitrogen and oxygen atoms in total. The van der Waals surface area contributed by atoms with Crippen LogP contribution in [0.3, 0.4) is 0 Å². The van der Waals surface area contributed by atoms with Crippen LogP contribution in [-0.4, -0.2) is 44.2 Å². The lowest BCUT2D eigenvalue weighted by Gasteiger charge is -2.27. The Bertz CT molecular complexity index is 451. The van der Waals surface area contributed by atoms with Crippen LogP contribution in [0, 0.1) is 0 Å². The smallest absolute Gasteiger partial charge is 0.361 e. The molecule has 0 amide bonds. The average Bonchev–Trinajstić information content (AvgIpc) is 2.37. The second-order valence-electron chi connectivity index (χ2n) is 5.52. The van der Waals surface area contributed by atoms with Crippen LogP contribution in [0.5, 0.6) is 0 Å². The minimum atomic E-state index is -0.174. The number of allylic oxidation sites excluding steroid dienone is 1. The average molecular weight is 297 g/mol. The number of halogens is 1. The molecule has 1 aromatic rings. The molecule has 0 unspecified atom stereocenters. The van der Waals surface area contributed by atoms with E-state index in [2.05, 4.69) is 0 Å². The molecule has 0 aromatic heterocycles. The number of hydrogen-bond acceptors (Lipinski definition) is 2. The van der Waals surface area contributed by atoms with Gasteiger partial charge in [0.2, 0.25) is 0 Å². The maximum Gasteiger partial charge on any atom is 0.361 e. The summed E-state index contributed by atoms with van der Waals surface area (Å²) in [4.78, 5) is 11.8. The topological polar surface area (TPSA) is 26.3 Å². The third kappa shape index (κ3) is 7.31. The van der Waals surface area contributed by atoms with E-state index in [1.54, 1.807) is 0 Å². The maximum absolute atomic E-state index is 11.8. The molecule has 0 spiro atoms. The third-order valence-electron chi connectivity index (χ3n) is 2.92. The number of rotatable bonds is 7. The standard InChI is InChI=1S/C16H23ClNO2/c1-14(17)9-11-18(2,3)13-16(19)20-12-10-15-7-5-4-6-8-15/h4-9H,10-13H2,1-3H3/q+1/b14-9+. The van der Waals surface area contributed by atoms with Crippen LogP contribution in [0.1, 0.15) is 12.5 Å². The SMILES string of the molecule is C/C(Cl)=C\C[N+](C)(C)CC(=O)OCCc1ccccc1. The van der Waals surface area contributed by atoms with E-state index in [1.165, 1.54) is 5.56 Å². The predicted octanol–water partition coefficient (Wildman–Crippen LogP) is 2.99. The molecule has 0 saturated carbocycles. The molecular weight excluding hydrogens is 274 g/mol. The van der Waals surface area contributed by atoms with Gasteiger partial charge in [0.15, 0.2) is 6.54 Å². The van der Waals surface area contributed by atoms with Gasteiger partial charge < -0.3 is 9.22 Å². The molecule has 0 fully saturated rings. The summed E-state index contributed by atoms with van der Waals surface area (Å²) < 4.78 is 5.82. The molecule has 0 saturated heterocycles. The Morgan fingerprint density at radius 3 is 2.55 bits per heavy atom. The molecule has 4 heteroatoms. The quantitative estimate of drug-likeness (QED) is 0.571. The fraction of sp³-hybridized carbons (Fsp3) is 0.438. The van der Waals surface area contributed by atoms with Crippen LogP contribution in [0.2, 0.25) is 0 Å². The highest BCUT2D eigenvalue weighted by Crippen LogP contribution is 2.04. The van der Waals surface area contributed by atoms with Crippen LogP contribution in [0.25, 0.3) is 0 Å². The Labute approximate surface area is 126 Å². The van der Waals surface area contributed by atoms with Crippen molar-refractivity contribution in [3.05, 3.63) is 47.0 Å². The van der Waals surface area contributed by atoms with Gasteiger partial charge in [-0.05, 0) is 18.6 Å². The van der Waals surface area contributed by atoms with Gasteiger partial charge in [-0.1, -0.05) is 41.9 Å². The summed E-state index contributed by atoms with van der Waals surface area (Å²) in [5, 5.41) is 0.744. The zero-order valence-corrected chi connectivity index (χ0v) is 13.2. The molecule has 1 aromatic carbocycles. The van der Waals surface area contributed by atoms with Gasteiger partial charge >= 0.3 is 5.97 Å². The van der Waals surface area contributed by atoms with Gasteiger partial charge in [0, 0.05) is 11.5 Å². The highest BCUT2D eigenvalue weighted by molar-refractivity contribution is 6.29. The largest absolute Gasteiger partial charge is 0.461 e. The molecule has 0 aliphatic heterocycles. The van der Waals surface area contributed by atoms with E-state index < -0.39 is 0 Å². The second-order valence-corrected chi connectivity index (χ2v) is 6.12. The third-order valence-corrected chi connectivity index (χ3v) is 3.07. The normalized spacial score (nSPS) is 12.3. The minimum Gasteiger partial charge on any atom is -0.461 e. The Balaban J connectivity index is 2.31. The first-order valence-electron chi connectivity index (χ1n) is 6.73. The second kappa shape index (κ2) is 8.08. The van der Waals surface area contributed by atoms with E-state index >= 15 is 0 Å². The minimum absolute atomic E-state index is 0.174. The highest BCUT2D eigenvalue weighted by atomic mass is 35.5. The van der Waals surface area contributed by atoms with Crippen molar-refractivity contribution in [1.82, 2.24) is 0 Å². The number of esters is 1. The summed E-state index contributed by atoms with van der Waals surface area (Å²) >= 11 is 5.81. The molecule has 0 heterocycles. The molecule has 20 heavy (non-hydrogen) atoms. The summed E-state index contributed by atoms with van der Waals surface area (Å²) in [5.41, 5.74) is 1.18. The van der Waals surface area contributed by atoms with Gasteiger partial charge in [0.05, 0.1) is 27.2 Å². The fourth-order valence-corrected chi connectivity index (χ4v) is 1.83. The highest BCUT2D eigenvalue weighted by Gasteiger charge is 2.19. The molecule has 0 aliphatic carbocycles. The van der Waals surface area contributed by atoms with Crippen molar-refractivity contribution in [1.29, 1.82) is 0 Å². The summed E-state index contributed by atoms with van der Waals surface area (Å²) in [6.07, 6.45) is 2.67. The number of nitrogens with zero attached hydrogens (tertiary/aromatic N) is 1. The molecule has 0 aliphatic rings. The van der Waals surface area contributed by atoms with E-state index in [-0.39, 0.29) is 5.97 Å². The Hall–Kier alpha value is -1.32. The van der Waals surface area contributed by atoms with Gasteiger partial charge in [0.25, 0.3) is 0 Å². The number of carbonyl (C=O) groups is 1. The number of carbonyl (C=O) groups excluding carboxylic acids is 1. The molecule has 0 radical (unpaired) electrons. The number of ether oxygens (including phenoxy) is 1. The molecular formula is C16H23ClNO2+. The van der Waals surface area contributed by atoms with Crippen LogP contribution >= 0.6 is 11.6 Å².